The lowest BCUT2D eigenvalue weighted by Gasteiger charge is -2.36. The van der Waals surface area contributed by atoms with Crippen LogP contribution in [0.3, 0.4) is 0 Å². The van der Waals surface area contributed by atoms with Crippen LogP contribution in [-0.2, 0) is 4.79 Å². The third kappa shape index (κ3) is 4.72. The van der Waals surface area contributed by atoms with Gasteiger partial charge in [0.05, 0.1) is 0 Å². The molecule has 4 heteroatoms. The predicted octanol–water partition coefficient (Wildman–Crippen LogP) is 3.58. The van der Waals surface area contributed by atoms with Crippen LogP contribution in [0.1, 0.15) is 51.0 Å². The summed E-state index contributed by atoms with van der Waals surface area (Å²) in [4.78, 5) is 14.8. The minimum absolute atomic E-state index is 0. The van der Waals surface area contributed by atoms with Crippen LogP contribution in [0.4, 0.5) is 0 Å². The van der Waals surface area contributed by atoms with Crippen LogP contribution in [0, 0.1) is 5.92 Å². The number of benzene rings is 1. The van der Waals surface area contributed by atoms with Gasteiger partial charge < -0.3 is 10.6 Å². The maximum Gasteiger partial charge on any atom is 0.223 e. The molecule has 1 aromatic carbocycles. The first kappa shape index (κ1) is 19.0. The fourth-order valence-corrected chi connectivity index (χ4v) is 3.32. The molecule has 1 aliphatic heterocycles. The molecule has 22 heavy (non-hydrogen) atoms. The van der Waals surface area contributed by atoms with Crippen molar-refractivity contribution in [1.29, 1.82) is 0 Å². The molecule has 0 bridgehead atoms. The molecule has 3 nitrogen and oxygen atoms in total. The van der Waals surface area contributed by atoms with Gasteiger partial charge in [0.1, 0.15) is 0 Å². The summed E-state index contributed by atoms with van der Waals surface area (Å²) in [5.41, 5.74) is 7.11. The Morgan fingerprint density at radius 1 is 1.27 bits per heavy atom. The number of piperidine rings is 1. The molecule has 1 fully saturated rings. The molecule has 0 aliphatic carbocycles. The number of halogens is 1. The summed E-state index contributed by atoms with van der Waals surface area (Å²) in [6, 6.07) is 10.6. The second-order valence-electron chi connectivity index (χ2n) is 6.44. The van der Waals surface area contributed by atoms with Crippen molar-refractivity contribution in [2.45, 2.75) is 51.5 Å². The molecule has 0 radical (unpaired) electrons. The molecule has 2 rings (SSSR count). The lowest BCUT2D eigenvalue weighted by Crippen LogP contribution is -2.47. The number of amides is 1. The molecule has 2 atom stereocenters. The van der Waals surface area contributed by atoms with Gasteiger partial charge in [0.2, 0.25) is 5.91 Å². The first-order valence-electron chi connectivity index (χ1n) is 8.18. The summed E-state index contributed by atoms with van der Waals surface area (Å²) in [5.74, 6) is 1.02. The summed E-state index contributed by atoms with van der Waals surface area (Å²) in [7, 11) is 0. The number of hydrogen-bond acceptors (Lipinski definition) is 2. The minimum Gasteiger partial charge on any atom is -0.338 e. The first-order valence-corrected chi connectivity index (χ1v) is 8.18. The third-order valence-corrected chi connectivity index (χ3v) is 4.65. The van der Waals surface area contributed by atoms with Crippen molar-refractivity contribution in [3.8, 4) is 0 Å². The van der Waals surface area contributed by atoms with Gasteiger partial charge in [0, 0.05) is 25.6 Å². The maximum atomic E-state index is 12.7. The zero-order valence-corrected chi connectivity index (χ0v) is 14.5. The van der Waals surface area contributed by atoms with E-state index in [1.165, 1.54) is 12.0 Å². The normalized spacial score (nSPS) is 19.6. The highest BCUT2D eigenvalue weighted by Crippen LogP contribution is 2.29. The second kappa shape index (κ2) is 9.16. The van der Waals surface area contributed by atoms with E-state index < -0.39 is 0 Å². The smallest absolute Gasteiger partial charge is 0.223 e. The largest absolute Gasteiger partial charge is 0.338 e. The van der Waals surface area contributed by atoms with Crippen molar-refractivity contribution in [2.75, 3.05) is 13.1 Å². The molecule has 1 saturated heterocycles. The van der Waals surface area contributed by atoms with E-state index in [1.54, 1.807) is 0 Å². The molecule has 2 N–H and O–H groups in total. The van der Waals surface area contributed by atoms with Gasteiger partial charge in [-0.1, -0.05) is 44.2 Å². The van der Waals surface area contributed by atoms with Crippen molar-refractivity contribution in [1.82, 2.24) is 4.90 Å². The number of likely N-dealkylation sites (tertiary alicyclic amines) is 1. The van der Waals surface area contributed by atoms with Gasteiger partial charge >= 0.3 is 0 Å². The molecule has 2 unspecified atom stereocenters. The summed E-state index contributed by atoms with van der Waals surface area (Å²) in [6.45, 7) is 5.85. The molecule has 1 amide bonds. The molecule has 1 aromatic rings. The van der Waals surface area contributed by atoms with E-state index in [4.69, 9.17) is 5.73 Å². The highest BCUT2D eigenvalue weighted by atomic mass is 35.5. The van der Waals surface area contributed by atoms with E-state index in [1.807, 2.05) is 11.0 Å². The van der Waals surface area contributed by atoms with Crippen LogP contribution < -0.4 is 5.73 Å². The molecule has 0 spiro atoms. The van der Waals surface area contributed by atoms with Crippen molar-refractivity contribution in [3.05, 3.63) is 35.9 Å². The van der Waals surface area contributed by atoms with Crippen LogP contribution in [0.15, 0.2) is 30.3 Å². The van der Waals surface area contributed by atoms with E-state index in [2.05, 4.69) is 38.1 Å². The Balaban J connectivity index is 0.00000242. The third-order valence-electron chi connectivity index (χ3n) is 4.65. The number of carbonyl (C=O) groups is 1. The molecular weight excluding hydrogens is 296 g/mol. The van der Waals surface area contributed by atoms with Gasteiger partial charge in [0.15, 0.2) is 0 Å². The lowest BCUT2D eigenvalue weighted by atomic mass is 9.85. The molecule has 0 aromatic heterocycles. The average Bonchev–Trinajstić information content (AvgIpc) is 2.52. The lowest BCUT2D eigenvalue weighted by molar-refractivity contribution is -0.135. The summed E-state index contributed by atoms with van der Waals surface area (Å²) in [5, 5.41) is 0. The van der Waals surface area contributed by atoms with Gasteiger partial charge in [-0.05, 0) is 36.7 Å². The Labute approximate surface area is 140 Å². The van der Waals surface area contributed by atoms with Gasteiger partial charge in [0.25, 0.3) is 0 Å². The van der Waals surface area contributed by atoms with Crippen molar-refractivity contribution in [3.63, 3.8) is 0 Å². The first-order chi connectivity index (χ1) is 10.1. The topological polar surface area (TPSA) is 46.3 Å². The predicted molar refractivity (Wildman–Crippen MR) is 94.3 cm³/mol. The SMILES string of the molecule is CC(C)C(CC(=O)N1CCCCC1CN)c1ccccc1.Cl. The van der Waals surface area contributed by atoms with Crippen LogP contribution in [0.5, 0.6) is 0 Å². The van der Waals surface area contributed by atoms with E-state index in [9.17, 15) is 4.79 Å². The van der Waals surface area contributed by atoms with Crippen LogP contribution in [0.2, 0.25) is 0 Å². The Morgan fingerprint density at radius 3 is 2.55 bits per heavy atom. The Kier molecular flexibility index (Phi) is 7.91. The number of nitrogens with two attached hydrogens (primary N) is 1. The zero-order chi connectivity index (χ0) is 15.2. The van der Waals surface area contributed by atoms with Crippen molar-refractivity contribution >= 4 is 18.3 Å². The Hall–Kier alpha value is -1.06. The van der Waals surface area contributed by atoms with Gasteiger partial charge in [-0.2, -0.15) is 0 Å². The Bertz CT molecular complexity index is 450. The van der Waals surface area contributed by atoms with E-state index in [0.29, 0.717) is 24.8 Å². The van der Waals surface area contributed by atoms with Crippen molar-refractivity contribution < 1.29 is 4.79 Å². The van der Waals surface area contributed by atoms with Crippen LogP contribution in [0.25, 0.3) is 0 Å². The summed E-state index contributed by atoms with van der Waals surface area (Å²) < 4.78 is 0. The molecular formula is C18H29ClN2O. The zero-order valence-electron chi connectivity index (χ0n) is 13.7. The molecule has 1 aliphatic rings. The fourth-order valence-electron chi connectivity index (χ4n) is 3.32. The maximum absolute atomic E-state index is 12.7. The quantitative estimate of drug-likeness (QED) is 0.899. The van der Waals surface area contributed by atoms with Gasteiger partial charge in [-0.15, -0.1) is 12.4 Å². The van der Waals surface area contributed by atoms with Gasteiger partial charge in [-0.3, -0.25) is 4.79 Å². The minimum atomic E-state index is 0. The summed E-state index contributed by atoms with van der Waals surface area (Å²) in [6.07, 6.45) is 3.95. The standard InChI is InChI=1S/C18H28N2O.ClH/c1-14(2)17(15-8-4-3-5-9-15)12-18(21)20-11-7-6-10-16(20)13-19;/h3-5,8-9,14,16-17H,6-7,10-13,19H2,1-2H3;1H. The number of nitrogens with zero attached hydrogens (tertiary/aromatic N) is 1. The molecule has 124 valence electrons. The number of hydrogen-bond donors (Lipinski definition) is 1. The van der Waals surface area contributed by atoms with Crippen molar-refractivity contribution in [2.24, 2.45) is 11.7 Å². The Morgan fingerprint density at radius 2 is 1.95 bits per heavy atom. The monoisotopic (exact) mass is 324 g/mol. The highest BCUT2D eigenvalue weighted by Gasteiger charge is 2.28. The highest BCUT2D eigenvalue weighted by molar-refractivity contribution is 5.85. The average molecular weight is 325 g/mol. The fraction of sp³-hybridized carbons (Fsp3) is 0.611. The van der Waals surface area contributed by atoms with Crippen LogP contribution in [-0.4, -0.2) is 29.9 Å². The van der Waals surface area contributed by atoms with E-state index in [-0.39, 0.29) is 24.4 Å². The second-order valence-corrected chi connectivity index (χ2v) is 6.44. The van der Waals surface area contributed by atoms with Crippen LogP contribution >= 0.6 is 12.4 Å². The van der Waals surface area contributed by atoms with Gasteiger partial charge in [-0.25, -0.2) is 0 Å². The van der Waals surface area contributed by atoms with E-state index >= 15 is 0 Å². The molecule has 0 saturated carbocycles. The number of carbonyl (C=O) groups excluding carboxylic acids is 1. The summed E-state index contributed by atoms with van der Waals surface area (Å²) >= 11 is 0. The molecule has 1 heterocycles. The number of rotatable bonds is 5. The van der Waals surface area contributed by atoms with E-state index in [0.717, 1.165) is 19.4 Å².